The van der Waals surface area contributed by atoms with Crippen LogP contribution in [0.25, 0.3) is 0 Å². The van der Waals surface area contributed by atoms with Crippen molar-refractivity contribution in [3.05, 3.63) is 17.5 Å². The molecule has 4 nitrogen and oxygen atoms in total. The molecule has 2 rings (SSSR count). The molecule has 1 saturated carbocycles. The Bertz CT molecular complexity index is 327. The molecule has 1 aliphatic carbocycles. The minimum Gasteiger partial charge on any atom is -0.393 e. The minimum atomic E-state index is -0.0861. The SMILES string of the molecule is Cc1cc(C)nc(NCC2CC(O)C2)n1. The van der Waals surface area contributed by atoms with Gasteiger partial charge < -0.3 is 10.4 Å². The van der Waals surface area contributed by atoms with Gasteiger partial charge in [-0.3, -0.25) is 0 Å². The molecule has 0 aromatic carbocycles. The standard InChI is InChI=1S/C11H17N3O/c1-7-3-8(2)14-11(13-7)12-6-9-4-10(15)5-9/h3,9-10,15H,4-6H2,1-2H3,(H,12,13,14). The molecule has 0 radical (unpaired) electrons. The summed E-state index contributed by atoms with van der Waals surface area (Å²) in [6.07, 6.45) is 1.72. The van der Waals surface area contributed by atoms with Gasteiger partial charge in [0.05, 0.1) is 6.10 Å². The van der Waals surface area contributed by atoms with E-state index in [0.717, 1.165) is 30.8 Å². The number of aromatic nitrogens is 2. The lowest BCUT2D eigenvalue weighted by Gasteiger charge is -2.31. The Kier molecular flexibility index (Phi) is 2.86. The van der Waals surface area contributed by atoms with Crippen molar-refractivity contribution in [3.63, 3.8) is 0 Å². The Morgan fingerprint density at radius 2 is 1.93 bits per heavy atom. The molecule has 0 spiro atoms. The van der Waals surface area contributed by atoms with Crippen LogP contribution in [-0.2, 0) is 0 Å². The van der Waals surface area contributed by atoms with Gasteiger partial charge in [-0.15, -0.1) is 0 Å². The summed E-state index contributed by atoms with van der Waals surface area (Å²) < 4.78 is 0. The maximum absolute atomic E-state index is 9.14. The third-order valence-corrected chi connectivity index (χ3v) is 2.74. The number of anilines is 1. The van der Waals surface area contributed by atoms with Crippen molar-refractivity contribution in [2.45, 2.75) is 32.8 Å². The number of hydrogen-bond donors (Lipinski definition) is 2. The monoisotopic (exact) mass is 207 g/mol. The Balaban J connectivity index is 1.88. The van der Waals surface area contributed by atoms with Crippen LogP contribution in [0.1, 0.15) is 24.2 Å². The van der Waals surface area contributed by atoms with Crippen molar-refractivity contribution in [1.29, 1.82) is 0 Å². The van der Waals surface area contributed by atoms with E-state index in [2.05, 4.69) is 15.3 Å². The van der Waals surface area contributed by atoms with Crippen molar-refractivity contribution < 1.29 is 5.11 Å². The summed E-state index contributed by atoms with van der Waals surface area (Å²) in [6, 6.07) is 1.96. The molecule has 1 aromatic rings. The Morgan fingerprint density at radius 1 is 1.33 bits per heavy atom. The number of aliphatic hydroxyl groups is 1. The predicted molar refractivity (Wildman–Crippen MR) is 58.7 cm³/mol. The lowest BCUT2D eigenvalue weighted by atomic mass is 9.82. The zero-order valence-corrected chi connectivity index (χ0v) is 9.20. The van der Waals surface area contributed by atoms with Crippen LogP contribution in [0.5, 0.6) is 0 Å². The molecule has 1 heterocycles. The Hall–Kier alpha value is -1.16. The molecule has 0 unspecified atom stereocenters. The Labute approximate surface area is 89.8 Å². The van der Waals surface area contributed by atoms with E-state index < -0.39 is 0 Å². The fourth-order valence-corrected chi connectivity index (χ4v) is 1.91. The first-order valence-corrected chi connectivity index (χ1v) is 5.37. The van der Waals surface area contributed by atoms with E-state index in [1.807, 2.05) is 19.9 Å². The molecule has 82 valence electrons. The number of nitrogens with one attached hydrogen (secondary N) is 1. The smallest absolute Gasteiger partial charge is 0.223 e. The summed E-state index contributed by atoms with van der Waals surface area (Å²) in [5, 5.41) is 12.4. The van der Waals surface area contributed by atoms with Crippen molar-refractivity contribution in [2.24, 2.45) is 5.92 Å². The van der Waals surface area contributed by atoms with Crippen LogP contribution in [0, 0.1) is 19.8 Å². The van der Waals surface area contributed by atoms with Crippen molar-refractivity contribution in [2.75, 3.05) is 11.9 Å². The normalized spacial score (nSPS) is 24.7. The predicted octanol–water partition coefficient (Wildman–Crippen LogP) is 1.28. The summed E-state index contributed by atoms with van der Waals surface area (Å²) in [7, 11) is 0. The van der Waals surface area contributed by atoms with Crippen molar-refractivity contribution in [3.8, 4) is 0 Å². The van der Waals surface area contributed by atoms with E-state index in [9.17, 15) is 0 Å². The van der Waals surface area contributed by atoms with Gasteiger partial charge in [-0.05, 0) is 38.7 Å². The second-order valence-corrected chi connectivity index (χ2v) is 4.35. The summed E-state index contributed by atoms with van der Waals surface area (Å²) in [5.74, 6) is 1.28. The third kappa shape index (κ3) is 2.65. The van der Waals surface area contributed by atoms with Crippen LogP contribution < -0.4 is 5.32 Å². The lowest BCUT2D eigenvalue weighted by molar-refractivity contribution is 0.0486. The minimum absolute atomic E-state index is 0.0861. The molecule has 0 aliphatic heterocycles. The fraction of sp³-hybridized carbons (Fsp3) is 0.636. The van der Waals surface area contributed by atoms with Crippen molar-refractivity contribution in [1.82, 2.24) is 9.97 Å². The van der Waals surface area contributed by atoms with Crippen LogP contribution in [0.4, 0.5) is 5.95 Å². The summed E-state index contributed by atoms with van der Waals surface area (Å²) >= 11 is 0. The van der Waals surface area contributed by atoms with E-state index in [1.165, 1.54) is 0 Å². The van der Waals surface area contributed by atoms with E-state index >= 15 is 0 Å². The molecule has 4 heteroatoms. The molecule has 1 fully saturated rings. The highest BCUT2D eigenvalue weighted by Gasteiger charge is 2.26. The first-order chi connectivity index (χ1) is 7.13. The van der Waals surface area contributed by atoms with Gasteiger partial charge >= 0.3 is 0 Å². The molecule has 0 atom stereocenters. The van der Waals surface area contributed by atoms with E-state index in [1.54, 1.807) is 0 Å². The van der Waals surface area contributed by atoms with Gasteiger partial charge in [0.1, 0.15) is 0 Å². The van der Waals surface area contributed by atoms with Gasteiger partial charge in [0.25, 0.3) is 0 Å². The molecule has 1 aromatic heterocycles. The average molecular weight is 207 g/mol. The molecule has 15 heavy (non-hydrogen) atoms. The van der Waals surface area contributed by atoms with Crippen LogP contribution in [-0.4, -0.2) is 27.7 Å². The highest BCUT2D eigenvalue weighted by atomic mass is 16.3. The molecule has 2 N–H and O–H groups in total. The number of aryl methyl sites for hydroxylation is 2. The van der Waals surface area contributed by atoms with Gasteiger partial charge in [-0.25, -0.2) is 9.97 Å². The van der Waals surface area contributed by atoms with Crippen LogP contribution in [0.3, 0.4) is 0 Å². The highest BCUT2D eigenvalue weighted by molar-refractivity contribution is 5.27. The molecule has 1 aliphatic rings. The number of rotatable bonds is 3. The van der Waals surface area contributed by atoms with Crippen LogP contribution in [0.15, 0.2) is 6.07 Å². The van der Waals surface area contributed by atoms with Crippen LogP contribution in [0.2, 0.25) is 0 Å². The second kappa shape index (κ2) is 4.14. The largest absolute Gasteiger partial charge is 0.393 e. The molecular formula is C11H17N3O. The maximum atomic E-state index is 9.14. The molecule has 0 amide bonds. The summed E-state index contributed by atoms with van der Waals surface area (Å²) in [5.41, 5.74) is 1.97. The maximum Gasteiger partial charge on any atom is 0.223 e. The molecule has 0 saturated heterocycles. The van der Waals surface area contributed by atoms with E-state index in [4.69, 9.17) is 5.11 Å². The first kappa shape index (κ1) is 10.4. The number of aliphatic hydroxyl groups excluding tert-OH is 1. The quantitative estimate of drug-likeness (QED) is 0.783. The van der Waals surface area contributed by atoms with Gasteiger partial charge in [0, 0.05) is 17.9 Å². The van der Waals surface area contributed by atoms with E-state index in [0.29, 0.717) is 11.9 Å². The third-order valence-electron chi connectivity index (χ3n) is 2.74. The van der Waals surface area contributed by atoms with Gasteiger partial charge in [0.15, 0.2) is 0 Å². The van der Waals surface area contributed by atoms with Crippen molar-refractivity contribution >= 4 is 5.95 Å². The van der Waals surface area contributed by atoms with E-state index in [-0.39, 0.29) is 6.10 Å². The van der Waals surface area contributed by atoms with Crippen LogP contribution >= 0.6 is 0 Å². The topological polar surface area (TPSA) is 58.0 Å². The number of hydrogen-bond acceptors (Lipinski definition) is 4. The first-order valence-electron chi connectivity index (χ1n) is 5.37. The zero-order chi connectivity index (χ0) is 10.8. The highest BCUT2D eigenvalue weighted by Crippen LogP contribution is 2.26. The number of nitrogens with zero attached hydrogens (tertiary/aromatic N) is 2. The fourth-order valence-electron chi connectivity index (χ4n) is 1.91. The zero-order valence-electron chi connectivity index (χ0n) is 9.20. The van der Waals surface area contributed by atoms with Gasteiger partial charge in [-0.2, -0.15) is 0 Å². The van der Waals surface area contributed by atoms with Gasteiger partial charge in [-0.1, -0.05) is 0 Å². The lowest BCUT2D eigenvalue weighted by Crippen LogP contribution is -2.33. The summed E-state index contributed by atoms with van der Waals surface area (Å²) in [4.78, 5) is 8.60. The Morgan fingerprint density at radius 3 is 2.47 bits per heavy atom. The summed E-state index contributed by atoms with van der Waals surface area (Å²) in [6.45, 7) is 4.79. The second-order valence-electron chi connectivity index (χ2n) is 4.35. The molecule has 0 bridgehead atoms. The average Bonchev–Trinajstić information content (AvgIpc) is 2.09. The van der Waals surface area contributed by atoms with Gasteiger partial charge in [0.2, 0.25) is 5.95 Å². The molecular weight excluding hydrogens is 190 g/mol.